The number of nitrogens with zero attached hydrogens (tertiary/aromatic N) is 4. The maximum absolute atomic E-state index is 13.6. The number of hydrazone groups is 1. The van der Waals surface area contributed by atoms with E-state index in [2.05, 4.69) is 10.0 Å². The molecule has 4 rings (SSSR count). The Morgan fingerprint density at radius 3 is 2.31 bits per heavy atom. The van der Waals surface area contributed by atoms with Crippen molar-refractivity contribution in [1.82, 2.24) is 14.8 Å². The molecule has 1 amide bonds. The third-order valence-corrected chi connectivity index (χ3v) is 7.72. The molecule has 0 radical (unpaired) electrons. The summed E-state index contributed by atoms with van der Waals surface area (Å²) >= 11 is 0. The van der Waals surface area contributed by atoms with Crippen LogP contribution in [0.4, 0.5) is 26.3 Å². The number of rotatable bonds is 7. The summed E-state index contributed by atoms with van der Waals surface area (Å²) in [5.74, 6) is -0.843. The van der Waals surface area contributed by atoms with Gasteiger partial charge in [-0.2, -0.15) is 31.4 Å². The first-order chi connectivity index (χ1) is 19.8. The Kier molecular flexibility index (Phi) is 10.2. The predicted molar refractivity (Wildman–Crippen MR) is 147 cm³/mol. The molecule has 0 unspecified atom stereocenters. The van der Waals surface area contributed by atoms with E-state index in [1.54, 1.807) is 0 Å². The molecule has 0 N–H and O–H groups in total. The number of amides is 1. The monoisotopic (exact) mass is 598 g/mol. The number of carbonyl (C=O) groups excluding carboxylic acids is 1. The summed E-state index contributed by atoms with van der Waals surface area (Å²) in [6.45, 7) is 8.52. The van der Waals surface area contributed by atoms with Crippen molar-refractivity contribution in [1.29, 1.82) is 0 Å². The molecule has 2 heterocycles. The summed E-state index contributed by atoms with van der Waals surface area (Å²) in [5, 5.41) is 6.49. The lowest BCUT2D eigenvalue weighted by Crippen LogP contribution is -2.56. The molecule has 2 saturated heterocycles. The fourth-order valence-electron chi connectivity index (χ4n) is 5.27. The smallest absolute Gasteiger partial charge is 0.379 e. The first-order valence-electron chi connectivity index (χ1n) is 14.1. The first kappa shape index (κ1) is 31.8. The molecule has 42 heavy (non-hydrogen) atoms. The van der Waals surface area contributed by atoms with Gasteiger partial charge < -0.3 is 9.64 Å². The van der Waals surface area contributed by atoms with Gasteiger partial charge >= 0.3 is 12.4 Å². The molecular weight excluding hydrogens is 562 g/mol. The van der Waals surface area contributed by atoms with E-state index >= 15 is 0 Å². The minimum Gasteiger partial charge on any atom is -0.379 e. The van der Waals surface area contributed by atoms with E-state index in [0.29, 0.717) is 51.2 Å². The fraction of sp³-hybridized carbons (Fsp3) is 0.533. The predicted octanol–water partition coefficient (Wildman–Crippen LogP) is 5.81. The number of alkyl halides is 6. The number of hydrogen-bond acceptors (Lipinski definition) is 5. The molecule has 0 spiro atoms. The van der Waals surface area contributed by atoms with Gasteiger partial charge in [-0.3, -0.25) is 14.7 Å². The zero-order chi connectivity index (χ0) is 30.5. The van der Waals surface area contributed by atoms with Crippen LogP contribution in [-0.4, -0.2) is 85.5 Å². The Morgan fingerprint density at radius 2 is 1.64 bits per heavy atom. The maximum atomic E-state index is 13.6. The SMILES string of the molecule is Cc1ccc(C[C@@H]2CN(CCC=NN3CCCOCC3)CCN2C(=O)c2cc(C(F)(F)F)cc(C(F)(F)F)c2)cc1C. The standard InChI is InChI=1S/C30H36F6N4O2/c1-21-5-6-23(15-22(21)2)16-27-20-38(8-3-7-37-39-9-4-13-42-14-12-39)10-11-40(27)28(41)24-17-25(29(31,32)33)19-26(18-24)30(34,35)36/h5-7,15,17-19,27H,3-4,8-14,16,20H2,1-2H3/t27-/m1/s1. The van der Waals surface area contributed by atoms with Crippen LogP contribution in [-0.2, 0) is 23.5 Å². The van der Waals surface area contributed by atoms with Crippen LogP contribution in [0, 0.1) is 13.8 Å². The zero-order valence-electron chi connectivity index (χ0n) is 23.8. The number of ether oxygens (including phenoxy) is 1. The minimum atomic E-state index is -5.03. The van der Waals surface area contributed by atoms with Gasteiger partial charge in [0, 0.05) is 57.2 Å². The van der Waals surface area contributed by atoms with Gasteiger partial charge in [0.25, 0.3) is 5.91 Å². The van der Waals surface area contributed by atoms with Crippen LogP contribution in [0.5, 0.6) is 0 Å². The Labute approximate surface area is 241 Å². The summed E-state index contributed by atoms with van der Waals surface area (Å²) in [7, 11) is 0. The van der Waals surface area contributed by atoms with Gasteiger partial charge in [0.15, 0.2) is 0 Å². The summed E-state index contributed by atoms with van der Waals surface area (Å²) < 4.78 is 86.4. The summed E-state index contributed by atoms with van der Waals surface area (Å²) in [6, 6.07) is 6.53. The van der Waals surface area contributed by atoms with Gasteiger partial charge in [-0.15, -0.1) is 0 Å². The van der Waals surface area contributed by atoms with Gasteiger partial charge in [0.1, 0.15) is 0 Å². The van der Waals surface area contributed by atoms with E-state index in [1.165, 1.54) is 4.90 Å². The van der Waals surface area contributed by atoms with E-state index in [-0.39, 0.29) is 12.6 Å². The van der Waals surface area contributed by atoms with Crippen molar-refractivity contribution in [3.8, 4) is 0 Å². The first-order valence-corrected chi connectivity index (χ1v) is 14.1. The normalized spacial score (nSPS) is 19.4. The van der Waals surface area contributed by atoms with Gasteiger partial charge in [-0.25, -0.2) is 0 Å². The van der Waals surface area contributed by atoms with E-state index < -0.39 is 41.0 Å². The van der Waals surface area contributed by atoms with Crippen molar-refractivity contribution in [3.05, 3.63) is 69.8 Å². The summed E-state index contributed by atoms with van der Waals surface area (Å²) in [6.07, 6.45) is -6.24. The average Bonchev–Trinajstić information content (AvgIpc) is 3.21. The highest BCUT2D eigenvalue weighted by Gasteiger charge is 2.39. The molecule has 0 saturated carbocycles. The van der Waals surface area contributed by atoms with Gasteiger partial charge in [-0.05, 0) is 68.0 Å². The second kappa shape index (κ2) is 13.5. The summed E-state index contributed by atoms with van der Waals surface area (Å²) in [4.78, 5) is 17.2. The van der Waals surface area contributed by atoms with Crippen LogP contribution >= 0.6 is 0 Å². The quantitative estimate of drug-likeness (QED) is 0.298. The molecule has 230 valence electrons. The molecule has 12 heteroatoms. The molecule has 1 atom stereocenters. The molecule has 0 bridgehead atoms. The number of benzene rings is 2. The Hall–Kier alpha value is -3.12. The highest BCUT2D eigenvalue weighted by Crippen LogP contribution is 2.37. The third-order valence-electron chi connectivity index (χ3n) is 7.72. The van der Waals surface area contributed by atoms with Gasteiger partial charge in [0.05, 0.1) is 24.3 Å². The Bertz CT molecular complexity index is 1220. The van der Waals surface area contributed by atoms with Crippen LogP contribution in [0.3, 0.4) is 0 Å². The summed E-state index contributed by atoms with van der Waals surface area (Å²) in [5.41, 5.74) is -0.533. The molecule has 0 aromatic heterocycles. The zero-order valence-corrected chi connectivity index (χ0v) is 23.8. The number of halogens is 6. The van der Waals surface area contributed by atoms with E-state index in [4.69, 9.17) is 4.74 Å². The fourth-order valence-corrected chi connectivity index (χ4v) is 5.27. The van der Waals surface area contributed by atoms with Crippen LogP contribution < -0.4 is 0 Å². The van der Waals surface area contributed by atoms with Crippen LogP contribution in [0.15, 0.2) is 41.5 Å². The maximum Gasteiger partial charge on any atom is 0.416 e. The Morgan fingerprint density at radius 1 is 0.929 bits per heavy atom. The van der Waals surface area contributed by atoms with Crippen LogP contribution in [0.25, 0.3) is 0 Å². The molecule has 2 aromatic carbocycles. The number of hydrogen-bond donors (Lipinski definition) is 0. The molecule has 2 aromatic rings. The lowest BCUT2D eigenvalue weighted by molar-refractivity contribution is -0.143. The lowest BCUT2D eigenvalue weighted by atomic mass is 9.97. The third kappa shape index (κ3) is 8.47. The van der Waals surface area contributed by atoms with Gasteiger partial charge in [-0.1, -0.05) is 18.2 Å². The Balaban J connectivity index is 1.54. The van der Waals surface area contributed by atoms with Crippen molar-refractivity contribution >= 4 is 12.1 Å². The minimum absolute atomic E-state index is 0.0431. The molecule has 0 aliphatic carbocycles. The molecular formula is C30H36F6N4O2. The number of carbonyl (C=O) groups is 1. The van der Waals surface area contributed by atoms with E-state index in [0.717, 1.165) is 42.8 Å². The van der Waals surface area contributed by atoms with Crippen molar-refractivity contribution in [2.24, 2.45) is 5.10 Å². The van der Waals surface area contributed by atoms with Crippen molar-refractivity contribution in [2.75, 3.05) is 52.5 Å². The number of piperazine rings is 1. The van der Waals surface area contributed by atoms with Crippen molar-refractivity contribution in [2.45, 2.75) is 51.5 Å². The molecule has 6 nitrogen and oxygen atoms in total. The van der Waals surface area contributed by atoms with Crippen LogP contribution in [0.2, 0.25) is 0 Å². The molecule has 2 aliphatic rings. The lowest BCUT2D eigenvalue weighted by Gasteiger charge is -2.42. The van der Waals surface area contributed by atoms with Crippen LogP contribution in [0.1, 0.15) is 51.0 Å². The highest BCUT2D eigenvalue weighted by molar-refractivity contribution is 5.95. The van der Waals surface area contributed by atoms with E-state index in [9.17, 15) is 31.1 Å². The second-order valence-electron chi connectivity index (χ2n) is 10.9. The largest absolute Gasteiger partial charge is 0.416 e. The second-order valence-corrected chi connectivity index (χ2v) is 10.9. The van der Waals surface area contributed by atoms with Gasteiger partial charge in [0.2, 0.25) is 0 Å². The molecule has 2 fully saturated rings. The average molecular weight is 599 g/mol. The molecule has 2 aliphatic heterocycles. The highest BCUT2D eigenvalue weighted by atomic mass is 19.4. The topological polar surface area (TPSA) is 48.4 Å². The van der Waals surface area contributed by atoms with Crippen molar-refractivity contribution < 1.29 is 35.9 Å². The van der Waals surface area contributed by atoms with E-state index in [1.807, 2.05) is 43.3 Å². The number of aryl methyl sites for hydroxylation is 2. The van der Waals surface area contributed by atoms with Crippen molar-refractivity contribution in [3.63, 3.8) is 0 Å².